The fraction of sp³-hybridized carbons (Fsp3) is 0.357. The second kappa shape index (κ2) is 24.5. The van der Waals surface area contributed by atoms with Crippen molar-refractivity contribution in [2.24, 2.45) is 0 Å². The molecule has 0 spiro atoms. The molecule has 12 nitrogen and oxygen atoms in total. The summed E-state index contributed by atoms with van der Waals surface area (Å²) in [7, 11) is 0. The Balaban J connectivity index is 1.10. The van der Waals surface area contributed by atoms with Gasteiger partial charge in [0.05, 0.1) is 52.9 Å². The predicted molar refractivity (Wildman–Crippen MR) is 257 cm³/mol. The molecule has 16 bridgehead atoms. The molecule has 0 saturated carbocycles. The van der Waals surface area contributed by atoms with Gasteiger partial charge in [0.2, 0.25) is 0 Å². The van der Waals surface area contributed by atoms with Gasteiger partial charge in [0.1, 0.15) is 98.9 Å². The van der Waals surface area contributed by atoms with Crippen LogP contribution in [0.3, 0.4) is 0 Å². The van der Waals surface area contributed by atoms with Crippen molar-refractivity contribution in [3.63, 3.8) is 0 Å². The van der Waals surface area contributed by atoms with E-state index in [1.54, 1.807) is 0 Å². The van der Waals surface area contributed by atoms with E-state index in [1.165, 1.54) is 0 Å². The summed E-state index contributed by atoms with van der Waals surface area (Å²) in [5.41, 5.74) is 8.25. The molecule has 8 heterocycles. The molecule has 0 atom stereocenters. The van der Waals surface area contributed by atoms with Gasteiger partial charge in [-0.15, -0.1) is 0 Å². The van der Waals surface area contributed by atoms with E-state index in [9.17, 15) is 0 Å². The van der Waals surface area contributed by atoms with Crippen LogP contribution in [0.2, 0.25) is 0 Å². The first kappa shape index (κ1) is 46.7. The second-order valence-corrected chi connectivity index (χ2v) is 16.5. The molecule has 0 fully saturated rings. The van der Waals surface area contributed by atoms with Gasteiger partial charge < -0.3 is 56.8 Å². The van der Waals surface area contributed by atoms with Gasteiger partial charge in [-0.1, -0.05) is 72.8 Å². The van der Waals surface area contributed by atoms with Crippen molar-refractivity contribution in [3.05, 3.63) is 166 Å². The fourth-order valence-electron chi connectivity index (χ4n) is 8.58. The molecule has 12 heteroatoms. The van der Waals surface area contributed by atoms with Gasteiger partial charge in [-0.05, 0) is 93.0 Å². The molecule has 0 N–H and O–H groups in total. The zero-order valence-electron chi connectivity index (χ0n) is 38.6. The lowest BCUT2D eigenvalue weighted by atomic mass is 9.91. The minimum absolute atomic E-state index is 0.344. The van der Waals surface area contributed by atoms with Crippen molar-refractivity contribution in [2.75, 3.05) is 106 Å². The Morgan fingerprint density at radius 2 is 0.368 bits per heavy atom. The van der Waals surface area contributed by atoms with Crippen LogP contribution < -0.4 is 37.9 Å². The lowest BCUT2D eigenvalue weighted by Crippen LogP contribution is -2.15. The maximum atomic E-state index is 6.78. The van der Waals surface area contributed by atoms with Gasteiger partial charge in [-0.25, -0.2) is 0 Å². The monoisotopic (exact) mass is 924 g/mol. The highest BCUT2D eigenvalue weighted by molar-refractivity contribution is 5.56. The van der Waals surface area contributed by atoms with Crippen LogP contribution in [0.15, 0.2) is 121 Å². The molecule has 0 amide bonds. The third kappa shape index (κ3) is 13.0. The highest BCUT2D eigenvalue weighted by atomic mass is 16.6. The number of hydrogen-bond acceptors (Lipinski definition) is 12. The third-order valence-corrected chi connectivity index (χ3v) is 11.8. The van der Waals surface area contributed by atoms with Crippen molar-refractivity contribution in [1.82, 2.24) is 0 Å². The summed E-state index contributed by atoms with van der Waals surface area (Å²) in [6.07, 6.45) is 2.23. The molecule has 0 radical (unpaired) electrons. The minimum atomic E-state index is 0.344. The molecule has 15 rings (SSSR count). The van der Waals surface area contributed by atoms with E-state index in [2.05, 4.69) is 72.8 Å². The lowest BCUT2D eigenvalue weighted by molar-refractivity contribution is 0.0752. The smallest absolute Gasteiger partial charge is 0.126 e. The van der Waals surface area contributed by atoms with E-state index in [0.717, 1.165) is 90.5 Å². The molecule has 0 aromatic heterocycles. The molecule has 0 unspecified atom stereocenters. The summed E-state index contributed by atoms with van der Waals surface area (Å²) in [6, 6.07) is 40.7. The van der Waals surface area contributed by atoms with E-state index >= 15 is 0 Å². The molecule has 1 aliphatic carbocycles. The van der Waals surface area contributed by atoms with Crippen LogP contribution in [0.1, 0.15) is 44.5 Å². The Morgan fingerprint density at radius 1 is 0.191 bits per heavy atom. The maximum Gasteiger partial charge on any atom is 0.126 e. The first-order valence-electron chi connectivity index (χ1n) is 23.7. The van der Waals surface area contributed by atoms with Crippen molar-refractivity contribution in [3.8, 4) is 46.0 Å². The molecule has 9 aliphatic rings. The number of hydrogen-bond donors (Lipinski definition) is 0. The van der Waals surface area contributed by atoms with Crippen LogP contribution in [-0.2, 0) is 44.6 Å². The number of para-hydroxylation sites is 4. The predicted octanol–water partition coefficient (Wildman–Crippen LogP) is 8.89. The largest absolute Gasteiger partial charge is 0.491 e. The average molecular weight is 925 g/mol. The van der Waals surface area contributed by atoms with Crippen LogP contribution in [0.4, 0.5) is 0 Å². The Morgan fingerprint density at radius 3 is 0.559 bits per heavy atom. The van der Waals surface area contributed by atoms with Gasteiger partial charge in [0.25, 0.3) is 0 Å². The summed E-state index contributed by atoms with van der Waals surface area (Å²) in [5, 5.41) is 0. The van der Waals surface area contributed by atoms with Gasteiger partial charge in [-0.2, -0.15) is 0 Å². The quantitative estimate of drug-likeness (QED) is 0.145. The first-order chi connectivity index (χ1) is 33.7. The molecule has 8 aliphatic heterocycles. The van der Waals surface area contributed by atoms with Gasteiger partial charge >= 0.3 is 0 Å². The van der Waals surface area contributed by atoms with E-state index in [4.69, 9.17) is 56.8 Å². The van der Waals surface area contributed by atoms with E-state index in [0.29, 0.717) is 131 Å². The number of ether oxygens (including phenoxy) is 12. The molecule has 0 saturated heterocycles. The summed E-state index contributed by atoms with van der Waals surface area (Å²) in [4.78, 5) is 0. The number of benzene rings is 6. The Bertz CT molecular complexity index is 2080. The minimum Gasteiger partial charge on any atom is -0.491 e. The highest BCUT2D eigenvalue weighted by Crippen LogP contribution is 2.39. The zero-order valence-corrected chi connectivity index (χ0v) is 38.6. The van der Waals surface area contributed by atoms with Gasteiger partial charge in [-0.3, -0.25) is 0 Å². The van der Waals surface area contributed by atoms with Crippen LogP contribution in [0.25, 0.3) is 0 Å². The van der Waals surface area contributed by atoms with E-state index in [1.807, 2.05) is 48.5 Å². The first-order valence-corrected chi connectivity index (χ1v) is 23.7. The molecular weight excluding hydrogens is 865 g/mol. The topological polar surface area (TPSA) is 111 Å². The van der Waals surface area contributed by atoms with E-state index < -0.39 is 0 Å². The fourth-order valence-corrected chi connectivity index (χ4v) is 8.58. The Kier molecular flexibility index (Phi) is 16.8. The van der Waals surface area contributed by atoms with Crippen molar-refractivity contribution in [1.29, 1.82) is 0 Å². The van der Waals surface area contributed by atoms with E-state index in [-0.39, 0.29) is 0 Å². The normalized spacial score (nSPS) is 16.9. The summed E-state index contributed by atoms with van der Waals surface area (Å²) >= 11 is 0. The Hall–Kier alpha value is -6.44. The SMILES string of the molecule is c1cc2c3c(c1)Cc1cccc4c1OCCOCCOc1ccc(cc1)OCCOCCOc1c(cccc1Cc1cccc(c1OCCOCCOc1ccc(cc1)OCCOCCO3)C4)C2. The number of rotatable bonds is 0. The summed E-state index contributed by atoms with van der Waals surface area (Å²) < 4.78 is 75.2. The Labute approximate surface area is 398 Å². The van der Waals surface area contributed by atoms with Crippen molar-refractivity contribution >= 4 is 0 Å². The summed E-state index contributed by atoms with van der Waals surface area (Å²) in [6.45, 7) is 6.09. The third-order valence-electron chi connectivity index (χ3n) is 11.8. The van der Waals surface area contributed by atoms with Crippen LogP contribution in [0.5, 0.6) is 46.0 Å². The van der Waals surface area contributed by atoms with Crippen LogP contribution in [-0.4, -0.2) is 106 Å². The molecule has 6 aromatic rings. The molecule has 68 heavy (non-hydrogen) atoms. The van der Waals surface area contributed by atoms with Crippen LogP contribution in [0, 0.1) is 0 Å². The molecule has 6 aromatic carbocycles. The standard InChI is InChI=1S/C56H60O12/c1-5-41-37-43-7-2-9-45-39-47-11-4-12-48-40-46-10-3-8-44(55(46)67-35-27-59-23-31-63-51-19-17-50(18-20-51)62-30-22-58-26-34-66-54(43)45)38-42(6-1)53(41)65-33-25-57-21-29-61-49-13-15-52(16-14-49)64-32-24-60-28-36-68-56(47)48/h1-20H,21-40H2. The van der Waals surface area contributed by atoms with Crippen LogP contribution >= 0.6 is 0 Å². The molecular formula is C56H60O12. The van der Waals surface area contributed by atoms with Crippen molar-refractivity contribution < 1.29 is 56.8 Å². The van der Waals surface area contributed by atoms with Crippen molar-refractivity contribution in [2.45, 2.75) is 25.7 Å². The second-order valence-electron chi connectivity index (χ2n) is 16.5. The van der Waals surface area contributed by atoms with Gasteiger partial charge in [0, 0.05) is 25.7 Å². The zero-order chi connectivity index (χ0) is 46.0. The molecule has 356 valence electrons. The summed E-state index contributed by atoms with van der Waals surface area (Å²) in [5.74, 6) is 6.21. The average Bonchev–Trinajstić information content (AvgIpc) is 3.35. The maximum absolute atomic E-state index is 6.78. The lowest BCUT2D eigenvalue weighted by Gasteiger charge is -2.23. The van der Waals surface area contributed by atoms with Gasteiger partial charge in [0.15, 0.2) is 0 Å². The highest BCUT2D eigenvalue weighted by Gasteiger charge is 2.22.